The summed E-state index contributed by atoms with van der Waals surface area (Å²) in [4.78, 5) is 0. The van der Waals surface area contributed by atoms with E-state index in [0.29, 0.717) is 0 Å². The van der Waals surface area contributed by atoms with Gasteiger partial charge in [-0.15, -0.1) is 11.3 Å². The van der Waals surface area contributed by atoms with Gasteiger partial charge in [-0.3, -0.25) is 0 Å². The fourth-order valence-corrected chi connectivity index (χ4v) is 10.3. The third-order valence-electron chi connectivity index (χ3n) is 11.7. The van der Waals surface area contributed by atoms with Gasteiger partial charge in [0.25, 0.3) is 0 Å². The van der Waals surface area contributed by atoms with E-state index >= 15 is 0 Å². The van der Waals surface area contributed by atoms with Crippen LogP contribution in [0.2, 0.25) is 0 Å². The Balaban J connectivity index is 1.14. The van der Waals surface area contributed by atoms with Gasteiger partial charge in [0.1, 0.15) is 0 Å². The first-order valence-electron chi connectivity index (χ1n) is 18.2. The molecule has 0 aliphatic heterocycles. The number of thiophene rings is 1. The van der Waals surface area contributed by atoms with Crippen LogP contribution in [0.4, 0.5) is 0 Å². The van der Waals surface area contributed by atoms with E-state index in [4.69, 9.17) is 0 Å². The molecule has 9 aromatic carbocycles. The summed E-state index contributed by atoms with van der Waals surface area (Å²) in [6.07, 6.45) is 0. The molecule has 0 atom stereocenters. The predicted octanol–water partition coefficient (Wildman–Crippen LogP) is 14.8. The van der Waals surface area contributed by atoms with E-state index in [9.17, 15) is 0 Å². The molecular weight excluding hydrogens is 645 g/mol. The minimum atomic E-state index is -0.144. The van der Waals surface area contributed by atoms with Gasteiger partial charge in [0, 0.05) is 25.6 Å². The van der Waals surface area contributed by atoms with Gasteiger partial charge in [0.2, 0.25) is 0 Å². The minimum Gasteiger partial charge on any atom is -0.135 e. The molecule has 1 heterocycles. The van der Waals surface area contributed by atoms with Gasteiger partial charge >= 0.3 is 0 Å². The molecule has 0 radical (unpaired) electrons. The first kappa shape index (κ1) is 29.7. The molecule has 0 bridgehead atoms. The van der Waals surface area contributed by atoms with Crippen LogP contribution in [0.3, 0.4) is 0 Å². The van der Waals surface area contributed by atoms with E-state index in [1.165, 1.54) is 108 Å². The van der Waals surface area contributed by atoms with E-state index in [2.05, 4.69) is 184 Å². The Labute approximate surface area is 307 Å². The Morgan fingerprint density at radius 3 is 1.60 bits per heavy atom. The highest BCUT2D eigenvalue weighted by atomic mass is 32.1. The Kier molecular flexibility index (Phi) is 6.27. The van der Waals surface area contributed by atoms with Crippen molar-refractivity contribution in [3.05, 3.63) is 181 Å². The third kappa shape index (κ3) is 4.15. The van der Waals surface area contributed by atoms with Crippen LogP contribution >= 0.6 is 11.3 Å². The van der Waals surface area contributed by atoms with E-state index in [-0.39, 0.29) is 5.41 Å². The number of hydrogen-bond donors (Lipinski definition) is 0. The fourth-order valence-electron chi connectivity index (χ4n) is 9.22. The van der Waals surface area contributed by atoms with E-state index in [0.717, 1.165) is 0 Å². The average molecular weight is 679 g/mol. The minimum absolute atomic E-state index is 0.144. The maximum Gasteiger partial charge on any atom is 0.0362 e. The Bertz CT molecular complexity index is 3010. The lowest BCUT2D eigenvalue weighted by molar-refractivity contribution is 0.661. The molecule has 1 aromatic heterocycles. The van der Waals surface area contributed by atoms with Crippen molar-refractivity contribution < 1.29 is 0 Å². The van der Waals surface area contributed by atoms with E-state index in [1.54, 1.807) is 0 Å². The van der Waals surface area contributed by atoms with Crippen LogP contribution in [-0.2, 0) is 5.41 Å². The van der Waals surface area contributed by atoms with Crippen molar-refractivity contribution in [3.8, 4) is 44.5 Å². The highest BCUT2D eigenvalue weighted by Crippen LogP contribution is 2.55. The summed E-state index contributed by atoms with van der Waals surface area (Å²) in [7, 11) is 0. The fraction of sp³-hybridized carbons (Fsp3) is 0.0588. The second kappa shape index (κ2) is 11.0. The Hall–Kier alpha value is -6.02. The van der Waals surface area contributed by atoms with Crippen molar-refractivity contribution in [2.75, 3.05) is 0 Å². The highest BCUT2D eigenvalue weighted by Gasteiger charge is 2.37. The molecule has 0 saturated carbocycles. The van der Waals surface area contributed by atoms with Crippen molar-refractivity contribution >= 4 is 63.8 Å². The lowest BCUT2D eigenvalue weighted by Crippen LogP contribution is -2.15. The molecule has 52 heavy (non-hydrogen) atoms. The maximum atomic E-state index is 2.51. The third-order valence-corrected chi connectivity index (χ3v) is 12.8. The maximum absolute atomic E-state index is 2.51. The predicted molar refractivity (Wildman–Crippen MR) is 226 cm³/mol. The zero-order valence-electron chi connectivity index (χ0n) is 29.1. The SMILES string of the molecule is CC1(C)c2cc(-c3c4ccccc4c(-c4ccc(-c5ccccc5)cc4)c4ccccc34)ccc2-c2c1ccc1ccc3sc4ccccc4c3c21. The van der Waals surface area contributed by atoms with Crippen LogP contribution < -0.4 is 0 Å². The monoisotopic (exact) mass is 678 g/mol. The number of hydrogen-bond acceptors (Lipinski definition) is 1. The lowest BCUT2D eigenvalue weighted by Gasteiger charge is -2.23. The molecule has 0 amide bonds. The molecule has 0 saturated heterocycles. The van der Waals surface area contributed by atoms with Gasteiger partial charge < -0.3 is 0 Å². The summed E-state index contributed by atoms with van der Waals surface area (Å²) >= 11 is 1.90. The standard InChI is InChI=1S/C51H34S/c1-51(2)42-28-25-34-26-29-45-50(41-18-10-11-19-44(41)52-45)48(34)49(42)40-27-24-35(30-43(40)51)47-38-16-8-6-14-36(38)46(37-15-7-9-17-39(37)47)33-22-20-32(21-23-33)31-12-4-3-5-13-31/h3-30H,1-2H3. The quantitative estimate of drug-likeness (QED) is 0.163. The smallest absolute Gasteiger partial charge is 0.0362 e. The number of benzene rings is 9. The summed E-state index contributed by atoms with van der Waals surface area (Å²) in [6.45, 7) is 4.83. The van der Waals surface area contributed by atoms with Crippen LogP contribution in [0.1, 0.15) is 25.0 Å². The number of fused-ring (bicyclic) bond motifs is 11. The van der Waals surface area contributed by atoms with Crippen molar-refractivity contribution in [2.45, 2.75) is 19.3 Å². The normalized spacial score (nSPS) is 13.3. The van der Waals surface area contributed by atoms with Gasteiger partial charge in [-0.2, -0.15) is 0 Å². The van der Waals surface area contributed by atoms with Crippen molar-refractivity contribution in [1.29, 1.82) is 0 Å². The van der Waals surface area contributed by atoms with E-state index in [1.807, 2.05) is 11.3 Å². The molecule has 0 N–H and O–H groups in total. The molecule has 1 aliphatic carbocycles. The Morgan fingerprint density at radius 2 is 0.904 bits per heavy atom. The lowest BCUT2D eigenvalue weighted by atomic mass is 9.80. The van der Waals surface area contributed by atoms with Crippen LogP contribution in [-0.4, -0.2) is 0 Å². The summed E-state index contributed by atoms with van der Waals surface area (Å²) in [5, 5.41) is 10.6. The molecule has 244 valence electrons. The van der Waals surface area contributed by atoms with E-state index < -0.39 is 0 Å². The van der Waals surface area contributed by atoms with Crippen molar-refractivity contribution in [2.24, 2.45) is 0 Å². The van der Waals surface area contributed by atoms with Gasteiger partial charge in [-0.25, -0.2) is 0 Å². The average Bonchev–Trinajstić information content (AvgIpc) is 3.69. The molecule has 0 spiro atoms. The molecule has 10 aromatic rings. The largest absolute Gasteiger partial charge is 0.135 e. The van der Waals surface area contributed by atoms with Crippen LogP contribution in [0.25, 0.3) is 97.0 Å². The first-order valence-corrected chi connectivity index (χ1v) is 19.0. The summed E-state index contributed by atoms with van der Waals surface area (Å²) < 4.78 is 2.71. The molecule has 1 heteroatoms. The van der Waals surface area contributed by atoms with Gasteiger partial charge in [0.05, 0.1) is 0 Å². The van der Waals surface area contributed by atoms with Gasteiger partial charge in [-0.1, -0.05) is 166 Å². The molecule has 11 rings (SSSR count). The van der Waals surface area contributed by atoms with Gasteiger partial charge in [-0.05, 0) is 106 Å². The van der Waals surface area contributed by atoms with Crippen molar-refractivity contribution in [1.82, 2.24) is 0 Å². The second-order valence-corrected chi connectivity index (χ2v) is 15.9. The molecule has 1 aliphatic rings. The second-order valence-electron chi connectivity index (χ2n) is 14.8. The summed E-state index contributed by atoms with van der Waals surface area (Å²) in [6, 6.07) is 63.4. The van der Waals surface area contributed by atoms with Crippen molar-refractivity contribution in [3.63, 3.8) is 0 Å². The van der Waals surface area contributed by atoms with Gasteiger partial charge in [0.15, 0.2) is 0 Å². The zero-order chi connectivity index (χ0) is 34.6. The molecule has 0 unspecified atom stereocenters. The highest BCUT2D eigenvalue weighted by molar-refractivity contribution is 7.26. The first-order chi connectivity index (χ1) is 25.6. The summed E-state index contributed by atoms with van der Waals surface area (Å²) in [5.41, 5.74) is 13.0. The molecule has 0 fully saturated rings. The van der Waals surface area contributed by atoms with Crippen LogP contribution in [0, 0.1) is 0 Å². The molecular formula is C51H34S. The Morgan fingerprint density at radius 1 is 0.365 bits per heavy atom. The summed E-state index contributed by atoms with van der Waals surface area (Å²) in [5.74, 6) is 0. The topological polar surface area (TPSA) is 0 Å². The number of rotatable bonds is 3. The molecule has 0 nitrogen and oxygen atoms in total. The van der Waals surface area contributed by atoms with Crippen LogP contribution in [0.5, 0.6) is 0 Å². The zero-order valence-corrected chi connectivity index (χ0v) is 29.9. The van der Waals surface area contributed by atoms with Crippen LogP contribution in [0.15, 0.2) is 170 Å².